The molecule has 1 fully saturated rings. The van der Waals surface area contributed by atoms with E-state index in [-0.39, 0.29) is 0 Å². The number of rotatable bonds is 4. The molecule has 2 N–H and O–H groups in total. The van der Waals surface area contributed by atoms with Crippen LogP contribution in [-0.4, -0.2) is 23.1 Å². The predicted molar refractivity (Wildman–Crippen MR) is 71.2 cm³/mol. The van der Waals surface area contributed by atoms with E-state index in [9.17, 15) is 0 Å². The van der Waals surface area contributed by atoms with Gasteiger partial charge in [0.1, 0.15) is 18.0 Å². The summed E-state index contributed by atoms with van der Waals surface area (Å²) < 4.78 is 0. The lowest BCUT2D eigenvalue weighted by molar-refractivity contribution is 0.391. The SMILES string of the molecule is CCC1CCC(Nc2cc(NC)ncn2)C1C. The molecule has 0 bridgehead atoms. The fourth-order valence-corrected chi connectivity index (χ4v) is 2.79. The van der Waals surface area contributed by atoms with Gasteiger partial charge in [0.2, 0.25) is 0 Å². The summed E-state index contributed by atoms with van der Waals surface area (Å²) in [5.41, 5.74) is 0. The van der Waals surface area contributed by atoms with Crippen LogP contribution in [0.5, 0.6) is 0 Å². The largest absolute Gasteiger partial charge is 0.373 e. The summed E-state index contributed by atoms with van der Waals surface area (Å²) in [6, 6.07) is 2.52. The summed E-state index contributed by atoms with van der Waals surface area (Å²) in [4.78, 5) is 8.39. The van der Waals surface area contributed by atoms with Crippen LogP contribution in [0.3, 0.4) is 0 Å². The van der Waals surface area contributed by atoms with Crippen LogP contribution < -0.4 is 10.6 Å². The lowest BCUT2D eigenvalue weighted by Crippen LogP contribution is -2.25. The third-order valence-electron chi connectivity index (χ3n) is 4.01. The summed E-state index contributed by atoms with van der Waals surface area (Å²) in [6.45, 7) is 4.63. The first-order valence-electron chi connectivity index (χ1n) is 6.51. The molecule has 3 atom stereocenters. The highest BCUT2D eigenvalue weighted by atomic mass is 15.1. The number of nitrogens with one attached hydrogen (secondary N) is 2. The zero-order valence-corrected chi connectivity index (χ0v) is 10.9. The Kier molecular flexibility index (Phi) is 3.82. The maximum absolute atomic E-state index is 4.27. The van der Waals surface area contributed by atoms with Crippen LogP contribution in [0, 0.1) is 11.8 Å². The molecule has 1 saturated carbocycles. The van der Waals surface area contributed by atoms with Gasteiger partial charge in [0.15, 0.2) is 0 Å². The molecule has 4 nitrogen and oxygen atoms in total. The molecular formula is C13H22N4. The molecule has 1 aromatic heterocycles. The van der Waals surface area contributed by atoms with Crippen molar-refractivity contribution in [2.75, 3.05) is 17.7 Å². The topological polar surface area (TPSA) is 49.8 Å². The van der Waals surface area contributed by atoms with Crippen molar-refractivity contribution in [2.45, 2.75) is 39.2 Å². The number of anilines is 2. The van der Waals surface area contributed by atoms with Crippen molar-refractivity contribution in [1.82, 2.24) is 9.97 Å². The van der Waals surface area contributed by atoms with Crippen LogP contribution in [0.2, 0.25) is 0 Å². The van der Waals surface area contributed by atoms with Gasteiger partial charge in [0.05, 0.1) is 0 Å². The van der Waals surface area contributed by atoms with E-state index in [0.717, 1.165) is 23.5 Å². The van der Waals surface area contributed by atoms with Crippen LogP contribution in [0.1, 0.15) is 33.1 Å². The Labute approximate surface area is 103 Å². The van der Waals surface area contributed by atoms with Crippen molar-refractivity contribution >= 4 is 11.6 Å². The average molecular weight is 234 g/mol. The van der Waals surface area contributed by atoms with Crippen molar-refractivity contribution in [2.24, 2.45) is 11.8 Å². The quantitative estimate of drug-likeness (QED) is 0.841. The van der Waals surface area contributed by atoms with Gasteiger partial charge in [-0.25, -0.2) is 9.97 Å². The number of nitrogens with zero attached hydrogens (tertiary/aromatic N) is 2. The minimum Gasteiger partial charge on any atom is -0.373 e. The van der Waals surface area contributed by atoms with Gasteiger partial charge in [-0.2, -0.15) is 0 Å². The van der Waals surface area contributed by atoms with E-state index in [4.69, 9.17) is 0 Å². The lowest BCUT2D eigenvalue weighted by Gasteiger charge is -2.21. The Hall–Kier alpha value is -1.32. The Balaban J connectivity index is 2.01. The zero-order chi connectivity index (χ0) is 12.3. The predicted octanol–water partition coefficient (Wildman–Crippen LogP) is 2.75. The molecule has 1 aliphatic rings. The molecule has 4 heteroatoms. The lowest BCUT2D eigenvalue weighted by atomic mass is 9.93. The molecule has 0 radical (unpaired) electrons. The van der Waals surface area contributed by atoms with Crippen molar-refractivity contribution in [3.05, 3.63) is 12.4 Å². The molecule has 0 aliphatic heterocycles. The fraction of sp³-hybridized carbons (Fsp3) is 0.692. The highest BCUT2D eigenvalue weighted by Crippen LogP contribution is 2.35. The van der Waals surface area contributed by atoms with Gasteiger partial charge >= 0.3 is 0 Å². The second-order valence-corrected chi connectivity index (χ2v) is 4.89. The minimum absolute atomic E-state index is 0.555. The monoisotopic (exact) mass is 234 g/mol. The van der Waals surface area contributed by atoms with Crippen LogP contribution >= 0.6 is 0 Å². The standard InChI is InChI=1S/C13H22N4/c1-4-10-5-6-11(9(10)2)17-13-7-12(14-3)15-8-16-13/h7-11H,4-6H2,1-3H3,(H2,14,15,16,17). The van der Waals surface area contributed by atoms with Crippen LogP contribution in [-0.2, 0) is 0 Å². The molecule has 1 heterocycles. The van der Waals surface area contributed by atoms with Crippen LogP contribution in [0.15, 0.2) is 12.4 Å². The van der Waals surface area contributed by atoms with Gasteiger partial charge in [-0.15, -0.1) is 0 Å². The molecule has 0 amide bonds. The second kappa shape index (κ2) is 5.34. The first-order chi connectivity index (χ1) is 8.24. The molecule has 1 aliphatic carbocycles. The molecule has 2 rings (SSSR count). The van der Waals surface area contributed by atoms with Crippen LogP contribution in [0.4, 0.5) is 11.6 Å². The number of hydrogen-bond donors (Lipinski definition) is 2. The van der Waals surface area contributed by atoms with Gasteiger partial charge in [-0.3, -0.25) is 0 Å². The molecular weight excluding hydrogens is 212 g/mol. The van der Waals surface area contributed by atoms with E-state index in [0.29, 0.717) is 6.04 Å². The summed E-state index contributed by atoms with van der Waals surface area (Å²) in [5.74, 6) is 3.38. The van der Waals surface area contributed by atoms with E-state index >= 15 is 0 Å². The summed E-state index contributed by atoms with van der Waals surface area (Å²) >= 11 is 0. The second-order valence-electron chi connectivity index (χ2n) is 4.89. The maximum atomic E-state index is 4.27. The molecule has 0 saturated heterocycles. The number of hydrogen-bond acceptors (Lipinski definition) is 4. The summed E-state index contributed by atoms with van der Waals surface area (Å²) in [5, 5.41) is 6.57. The highest BCUT2D eigenvalue weighted by Gasteiger charge is 2.31. The Bertz CT molecular complexity index is 366. The molecule has 94 valence electrons. The molecule has 3 unspecified atom stereocenters. The van der Waals surface area contributed by atoms with Gasteiger partial charge in [0.25, 0.3) is 0 Å². The Morgan fingerprint density at radius 1 is 1.29 bits per heavy atom. The highest BCUT2D eigenvalue weighted by molar-refractivity contribution is 5.46. The summed E-state index contributed by atoms with van der Waals surface area (Å²) in [6.07, 6.45) is 5.47. The number of aromatic nitrogens is 2. The molecule has 1 aromatic rings. The maximum Gasteiger partial charge on any atom is 0.131 e. The van der Waals surface area contributed by atoms with Crippen LogP contribution in [0.25, 0.3) is 0 Å². The zero-order valence-electron chi connectivity index (χ0n) is 10.9. The van der Waals surface area contributed by atoms with E-state index < -0.39 is 0 Å². The van der Waals surface area contributed by atoms with Gasteiger partial charge in [-0.05, 0) is 24.7 Å². The van der Waals surface area contributed by atoms with Gasteiger partial charge in [-0.1, -0.05) is 20.3 Å². The van der Waals surface area contributed by atoms with E-state index in [2.05, 4.69) is 34.4 Å². The molecule has 0 spiro atoms. The molecule has 17 heavy (non-hydrogen) atoms. The third kappa shape index (κ3) is 2.68. The fourth-order valence-electron chi connectivity index (χ4n) is 2.79. The van der Waals surface area contributed by atoms with Gasteiger partial charge < -0.3 is 10.6 Å². The summed E-state index contributed by atoms with van der Waals surface area (Å²) in [7, 11) is 1.87. The van der Waals surface area contributed by atoms with Crippen molar-refractivity contribution in [1.29, 1.82) is 0 Å². The minimum atomic E-state index is 0.555. The van der Waals surface area contributed by atoms with Crippen molar-refractivity contribution in [3.63, 3.8) is 0 Å². The van der Waals surface area contributed by atoms with Crippen molar-refractivity contribution in [3.8, 4) is 0 Å². The van der Waals surface area contributed by atoms with Crippen molar-refractivity contribution < 1.29 is 0 Å². The molecule has 0 aromatic carbocycles. The first-order valence-corrected chi connectivity index (χ1v) is 6.51. The smallest absolute Gasteiger partial charge is 0.131 e. The van der Waals surface area contributed by atoms with E-state index in [1.807, 2.05) is 13.1 Å². The first kappa shape index (κ1) is 12.1. The Morgan fingerprint density at radius 3 is 2.71 bits per heavy atom. The van der Waals surface area contributed by atoms with Gasteiger partial charge in [0, 0.05) is 19.2 Å². The third-order valence-corrected chi connectivity index (χ3v) is 4.01. The Morgan fingerprint density at radius 2 is 2.06 bits per heavy atom. The normalized spacial score (nSPS) is 28.1. The average Bonchev–Trinajstić information content (AvgIpc) is 2.71. The van der Waals surface area contributed by atoms with E-state index in [1.165, 1.54) is 19.3 Å². The van der Waals surface area contributed by atoms with E-state index in [1.54, 1.807) is 6.33 Å².